The number of nitrogens with zero attached hydrogens (tertiary/aromatic N) is 3. The first-order valence-corrected chi connectivity index (χ1v) is 5.97. The summed E-state index contributed by atoms with van der Waals surface area (Å²) < 4.78 is 1.70. The summed E-state index contributed by atoms with van der Waals surface area (Å²) >= 11 is 0. The molecule has 0 unspecified atom stereocenters. The Morgan fingerprint density at radius 1 is 1.33 bits per heavy atom. The molecule has 5 heteroatoms. The lowest BCUT2D eigenvalue weighted by atomic mass is 10.2. The van der Waals surface area contributed by atoms with Gasteiger partial charge in [-0.15, -0.1) is 0 Å². The molecule has 18 heavy (non-hydrogen) atoms. The normalized spacial score (nSPS) is 11.2. The van der Waals surface area contributed by atoms with Crippen molar-refractivity contribution < 1.29 is 0 Å². The highest BCUT2D eigenvalue weighted by molar-refractivity contribution is 5.82. The fourth-order valence-corrected chi connectivity index (χ4v) is 2.17. The number of nitrogens with two attached hydrogens (primary N) is 1. The van der Waals surface area contributed by atoms with Crippen LogP contribution in [-0.2, 0) is 13.5 Å². The number of imidazole rings is 1. The van der Waals surface area contributed by atoms with E-state index in [4.69, 9.17) is 5.73 Å². The highest BCUT2D eigenvalue weighted by Gasteiger charge is 2.17. The van der Waals surface area contributed by atoms with E-state index in [-0.39, 0.29) is 0 Å². The zero-order valence-corrected chi connectivity index (χ0v) is 10.4. The minimum Gasteiger partial charge on any atom is -0.383 e. The van der Waals surface area contributed by atoms with E-state index in [0.717, 1.165) is 34.5 Å². The minimum atomic E-state index is 0.644. The zero-order valence-electron chi connectivity index (χ0n) is 10.4. The molecule has 92 valence electrons. The molecule has 0 fully saturated rings. The van der Waals surface area contributed by atoms with Gasteiger partial charge in [0.15, 0.2) is 0 Å². The topological polar surface area (TPSA) is 72.5 Å². The molecule has 0 aliphatic carbocycles. The van der Waals surface area contributed by atoms with Gasteiger partial charge in [-0.25, -0.2) is 4.98 Å². The SMILES string of the molecule is CCc1nn(C)c(N)c1-c1nc2ccccc2[nH]1. The van der Waals surface area contributed by atoms with Crippen LogP contribution in [0.5, 0.6) is 0 Å². The fourth-order valence-electron chi connectivity index (χ4n) is 2.17. The number of hydrogen-bond donors (Lipinski definition) is 2. The summed E-state index contributed by atoms with van der Waals surface area (Å²) in [6.45, 7) is 2.06. The van der Waals surface area contributed by atoms with Gasteiger partial charge in [0, 0.05) is 7.05 Å². The molecule has 0 aliphatic heterocycles. The summed E-state index contributed by atoms with van der Waals surface area (Å²) in [5, 5.41) is 4.41. The summed E-state index contributed by atoms with van der Waals surface area (Å²) in [6.07, 6.45) is 0.831. The number of aromatic nitrogens is 4. The van der Waals surface area contributed by atoms with Crippen LogP contribution in [0.15, 0.2) is 24.3 Å². The number of rotatable bonds is 2. The smallest absolute Gasteiger partial charge is 0.144 e. The van der Waals surface area contributed by atoms with E-state index < -0.39 is 0 Å². The van der Waals surface area contributed by atoms with Gasteiger partial charge in [0.1, 0.15) is 11.6 Å². The molecule has 0 saturated heterocycles. The van der Waals surface area contributed by atoms with E-state index >= 15 is 0 Å². The molecule has 0 atom stereocenters. The number of aromatic amines is 1. The van der Waals surface area contributed by atoms with Gasteiger partial charge in [-0.1, -0.05) is 19.1 Å². The molecule has 0 radical (unpaired) electrons. The maximum absolute atomic E-state index is 6.07. The van der Waals surface area contributed by atoms with Gasteiger partial charge in [0.25, 0.3) is 0 Å². The third kappa shape index (κ3) is 1.48. The third-order valence-corrected chi connectivity index (χ3v) is 3.13. The van der Waals surface area contributed by atoms with E-state index in [1.54, 1.807) is 4.68 Å². The van der Waals surface area contributed by atoms with E-state index in [0.29, 0.717) is 5.82 Å². The van der Waals surface area contributed by atoms with Crippen molar-refractivity contribution in [2.75, 3.05) is 5.73 Å². The van der Waals surface area contributed by atoms with Gasteiger partial charge in [-0.2, -0.15) is 5.10 Å². The Bertz CT molecular complexity index is 674. The lowest BCUT2D eigenvalue weighted by molar-refractivity contribution is 0.755. The summed E-state index contributed by atoms with van der Waals surface area (Å²) in [5.41, 5.74) is 9.91. The molecular formula is C13H15N5. The number of fused-ring (bicyclic) bond motifs is 1. The predicted octanol–water partition coefficient (Wildman–Crippen LogP) is 2.11. The lowest BCUT2D eigenvalue weighted by Crippen LogP contribution is -1.98. The number of benzene rings is 1. The van der Waals surface area contributed by atoms with Crippen LogP contribution in [0, 0.1) is 0 Å². The zero-order chi connectivity index (χ0) is 12.7. The lowest BCUT2D eigenvalue weighted by Gasteiger charge is -1.97. The summed E-state index contributed by atoms with van der Waals surface area (Å²) in [5.74, 6) is 1.43. The number of anilines is 1. The summed E-state index contributed by atoms with van der Waals surface area (Å²) in [4.78, 5) is 7.87. The molecule has 2 heterocycles. The monoisotopic (exact) mass is 241 g/mol. The van der Waals surface area contributed by atoms with Crippen LogP contribution in [0.3, 0.4) is 0 Å². The molecule has 3 aromatic rings. The van der Waals surface area contributed by atoms with Crippen molar-refractivity contribution in [3.8, 4) is 11.4 Å². The van der Waals surface area contributed by atoms with E-state index in [2.05, 4.69) is 22.0 Å². The summed E-state index contributed by atoms with van der Waals surface area (Å²) in [6, 6.07) is 7.94. The van der Waals surface area contributed by atoms with Crippen molar-refractivity contribution in [3.05, 3.63) is 30.0 Å². The molecule has 2 aromatic heterocycles. The molecule has 1 aromatic carbocycles. The number of para-hydroxylation sites is 2. The maximum atomic E-state index is 6.07. The quantitative estimate of drug-likeness (QED) is 0.721. The third-order valence-electron chi connectivity index (χ3n) is 3.13. The second-order valence-electron chi connectivity index (χ2n) is 4.29. The predicted molar refractivity (Wildman–Crippen MR) is 72.1 cm³/mol. The molecule has 0 saturated carbocycles. The number of H-pyrrole nitrogens is 1. The van der Waals surface area contributed by atoms with Crippen LogP contribution in [0.2, 0.25) is 0 Å². The van der Waals surface area contributed by atoms with E-state index in [1.807, 2.05) is 31.3 Å². The first-order valence-electron chi connectivity index (χ1n) is 5.97. The van der Waals surface area contributed by atoms with Gasteiger partial charge >= 0.3 is 0 Å². The Morgan fingerprint density at radius 2 is 2.11 bits per heavy atom. The Kier molecular flexibility index (Phi) is 2.33. The van der Waals surface area contributed by atoms with Crippen LogP contribution >= 0.6 is 0 Å². The first-order chi connectivity index (χ1) is 8.70. The molecule has 0 aliphatic rings. The fraction of sp³-hybridized carbons (Fsp3) is 0.231. The molecule has 0 amide bonds. The minimum absolute atomic E-state index is 0.644. The highest BCUT2D eigenvalue weighted by Crippen LogP contribution is 2.28. The van der Waals surface area contributed by atoms with Crippen molar-refractivity contribution in [3.63, 3.8) is 0 Å². The Morgan fingerprint density at radius 3 is 2.83 bits per heavy atom. The average molecular weight is 241 g/mol. The Hall–Kier alpha value is -2.30. The van der Waals surface area contributed by atoms with Gasteiger partial charge in [0.2, 0.25) is 0 Å². The molecule has 3 rings (SSSR count). The van der Waals surface area contributed by atoms with E-state index in [1.165, 1.54) is 0 Å². The largest absolute Gasteiger partial charge is 0.383 e. The molecule has 0 spiro atoms. The van der Waals surface area contributed by atoms with Crippen LogP contribution in [0.1, 0.15) is 12.6 Å². The van der Waals surface area contributed by atoms with Crippen LogP contribution in [0.25, 0.3) is 22.4 Å². The number of nitrogen functional groups attached to an aromatic ring is 1. The molecule has 0 bridgehead atoms. The van der Waals surface area contributed by atoms with Gasteiger partial charge in [-0.05, 0) is 18.6 Å². The van der Waals surface area contributed by atoms with Crippen molar-refractivity contribution in [1.82, 2.24) is 19.7 Å². The number of nitrogens with one attached hydrogen (secondary N) is 1. The molecule has 3 N–H and O–H groups in total. The highest BCUT2D eigenvalue weighted by atomic mass is 15.3. The summed E-state index contributed by atoms with van der Waals surface area (Å²) in [7, 11) is 1.85. The molecular weight excluding hydrogens is 226 g/mol. The van der Waals surface area contributed by atoms with Crippen LogP contribution in [0.4, 0.5) is 5.82 Å². The van der Waals surface area contributed by atoms with Crippen LogP contribution in [-0.4, -0.2) is 19.7 Å². The second-order valence-corrected chi connectivity index (χ2v) is 4.29. The van der Waals surface area contributed by atoms with Gasteiger partial charge < -0.3 is 10.7 Å². The van der Waals surface area contributed by atoms with Crippen molar-refractivity contribution in [2.24, 2.45) is 7.05 Å². The standard InChI is InChI=1S/C13H15N5/c1-3-8-11(12(14)18(2)17-8)13-15-9-6-4-5-7-10(9)16-13/h4-7H,3,14H2,1-2H3,(H,15,16). The van der Waals surface area contributed by atoms with Crippen molar-refractivity contribution >= 4 is 16.9 Å². The molecule has 5 nitrogen and oxygen atoms in total. The Balaban J connectivity index is 2.25. The second kappa shape index (κ2) is 3.87. The van der Waals surface area contributed by atoms with Gasteiger partial charge in [-0.3, -0.25) is 4.68 Å². The average Bonchev–Trinajstić information content (AvgIpc) is 2.91. The Labute approximate surface area is 105 Å². The van der Waals surface area contributed by atoms with Crippen LogP contribution < -0.4 is 5.73 Å². The maximum Gasteiger partial charge on any atom is 0.144 e. The number of hydrogen-bond acceptors (Lipinski definition) is 3. The van der Waals surface area contributed by atoms with Gasteiger partial charge in [0.05, 0.1) is 22.3 Å². The first kappa shape index (κ1) is 10.8. The van der Waals surface area contributed by atoms with E-state index in [9.17, 15) is 0 Å². The number of aryl methyl sites for hydroxylation is 2. The van der Waals surface area contributed by atoms with Crippen molar-refractivity contribution in [1.29, 1.82) is 0 Å². The van der Waals surface area contributed by atoms with Crippen molar-refractivity contribution in [2.45, 2.75) is 13.3 Å².